The van der Waals surface area contributed by atoms with Gasteiger partial charge in [-0.3, -0.25) is 4.79 Å². The topological polar surface area (TPSA) is 23.6 Å². The van der Waals surface area contributed by atoms with Crippen molar-refractivity contribution in [3.8, 4) is 0 Å². The van der Waals surface area contributed by atoms with Crippen LogP contribution in [0.2, 0.25) is 0 Å². The molecule has 0 aliphatic carbocycles. The molecule has 27 heavy (non-hydrogen) atoms. The highest BCUT2D eigenvalue weighted by molar-refractivity contribution is 6.06. The second-order valence-corrected chi connectivity index (χ2v) is 8.13. The van der Waals surface area contributed by atoms with E-state index in [9.17, 15) is 4.79 Å². The summed E-state index contributed by atoms with van der Waals surface area (Å²) in [4.78, 5) is 17.9. The monoisotopic (exact) mass is 364 g/mol. The summed E-state index contributed by atoms with van der Waals surface area (Å²) < 4.78 is 0. The van der Waals surface area contributed by atoms with Crippen LogP contribution >= 0.6 is 0 Å². The minimum Gasteiger partial charge on any atom is -0.305 e. The van der Waals surface area contributed by atoms with Gasteiger partial charge in [-0.15, -0.1) is 0 Å². The average molecular weight is 365 g/mol. The van der Waals surface area contributed by atoms with Crippen molar-refractivity contribution in [2.24, 2.45) is 5.92 Å². The lowest BCUT2D eigenvalue weighted by Gasteiger charge is -2.39. The third-order valence-corrected chi connectivity index (χ3v) is 5.50. The number of carbonyl (C=O) groups excluding carboxylic acids is 1. The Morgan fingerprint density at radius 1 is 1.04 bits per heavy atom. The Labute approximate surface area is 164 Å². The molecule has 144 valence electrons. The fraction of sp³-hybridized carbons (Fsp3) is 0.458. The standard InChI is InChI=1S/C24H32N2O/c1-19(2)13-16-25-17-14-23(15-18-25)26(22-11-9-20(3)10-12-22)24(27)21-7-5-4-6-8-21/h4-12,19,23H,13-18H2,1-3H3. The van der Waals surface area contributed by atoms with Gasteiger partial charge in [0.05, 0.1) is 0 Å². The number of benzene rings is 2. The largest absolute Gasteiger partial charge is 0.305 e. The molecule has 1 heterocycles. The van der Waals surface area contributed by atoms with E-state index in [0.29, 0.717) is 0 Å². The number of hydrogen-bond donors (Lipinski definition) is 0. The molecule has 2 aromatic rings. The van der Waals surface area contributed by atoms with Gasteiger partial charge in [-0.1, -0.05) is 49.7 Å². The van der Waals surface area contributed by atoms with E-state index in [1.54, 1.807) is 0 Å². The summed E-state index contributed by atoms with van der Waals surface area (Å²) in [6, 6.07) is 18.3. The van der Waals surface area contributed by atoms with Gasteiger partial charge in [0, 0.05) is 30.4 Å². The Hall–Kier alpha value is -2.13. The molecule has 0 spiro atoms. The van der Waals surface area contributed by atoms with Crippen molar-refractivity contribution in [2.45, 2.75) is 46.1 Å². The molecule has 3 heteroatoms. The second kappa shape index (κ2) is 9.18. The van der Waals surface area contributed by atoms with Gasteiger partial charge in [0.25, 0.3) is 5.91 Å². The summed E-state index contributed by atoms with van der Waals surface area (Å²) in [6.45, 7) is 9.96. The van der Waals surface area contributed by atoms with E-state index >= 15 is 0 Å². The first-order valence-electron chi connectivity index (χ1n) is 10.2. The molecular weight excluding hydrogens is 332 g/mol. The molecule has 2 aromatic carbocycles. The van der Waals surface area contributed by atoms with Crippen LogP contribution in [0, 0.1) is 12.8 Å². The maximum atomic E-state index is 13.3. The van der Waals surface area contributed by atoms with Gasteiger partial charge in [-0.05, 0) is 62.9 Å². The van der Waals surface area contributed by atoms with E-state index in [1.165, 1.54) is 18.5 Å². The zero-order valence-electron chi connectivity index (χ0n) is 16.9. The van der Waals surface area contributed by atoms with E-state index in [2.05, 4.69) is 49.9 Å². The summed E-state index contributed by atoms with van der Waals surface area (Å²) >= 11 is 0. The maximum Gasteiger partial charge on any atom is 0.258 e. The summed E-state index contributed by atoms with van der Waals surface area (Å²) in [6.07, 6.45) is 3.31. The van der Waals surface area contributed by atoms with E-state index < -0.39 is 0 Å². The van der Waals surface area contributed by atoms with Crippen LogP contribution in [-0.4, -0.2) is 36.5 Å². The molecule has 0 unspecified atom stereocenters. The van der Waals surface area contributed by atoms with Crippen LogP contribution in [0.25, 0.3) is 0 Å². The normalized spacial score (nSPS) is 15.9. The number of amides is 1. The van der Waals surface area contributed by atoms with Crippen molar-refractivity contribution in [3.63, 3.8) is 0 Å². The number of rotatable bonds is 6. The van der Waals surface area contributed by atoms with Gasteiger partial charge >= 0.3 is 0 Å². The highest BCUT2D eigenvalue weighted by Gasteiger charge is 2.29. The average Bonchev–Trinajstić information content (AvgIpc) is 2.69. The van der Waals surface area contributed by atoms with Crippen LogP contribution in [0.4, 0.5) is 5.69 Å². The lowest BCUT2D eigenvalue weighted by molar-refractivity contribution is 0.0959. The van der Waals surface area contributed by atoms with Gasteiger partial charge in [0.1, 0.15) is 0 Å². The zero-order chi connectivity index (χ0) is 19.2. The Morgan fingerprint density at radius 3 is 2.26 bits per heavy atom. The summed E-state index contributed by atoms with van der Waals surface area (Å²) in [5, 5.41) is 0. The molecule has 3 nitrogen and oxygen atoms in total. The first-order valence-corrected chi connectivity index (χ1v) is 10.2. The Bertz CT molecular complexity index is 716. The number of anilines is 1. The molecule has 0 radical (unpaired) electrons. The number of carbonyl (C=O) groups is 1. The summed E-state index contributed by atoms with van der Waals surface area (Å²) in [5.41, 5.74) is 2.99. The van der Waals surface area contributed by atoms with Gasteiger partial charge in [0.15, 0.2) is 0 Å². The molecule has 0 saturated carbocycles. The van der Waals surface area contributed by atoms with E-state index in [1.807, 2.05) is 35.2 Å². The number of piperidine rings is 1. The fourth-order valence-electron chi connectivity index (χ4n) is 3.76. The summed E-state index contributed by atoms with van der Waals surface area (Å²) in [7, 11) is 0. The van der Waals surface area contributed by atoms with Crippen molar-refractivity contribution < 1.29 is 4.79 Å². The van der Waals surface area contributed by atoms with Crippen LogP contribution in [0.15, 0.2) is 54.6 Å². The van der Waals surface area contributed by atoms with E-state index in [4.69, 9.17) is 0 Å². The van der Waals surface area contributed by atoms with Crippen LogP contribution < -0.4 is 4.90 Å². The maximum absolute atomic E-state index is 13.3. The fourth-order valence-corrected chi connectivity index (χ4v) is 3.76. The molecular formula is C24H32N2O. The highest BCUT2D eigenvalue weighted by Crippen LogP contribution is 2.26. The smallest absolute Gasteiger partial charge is 0.258 e. The van der Waals surface area contributed by atoms with E-state index in [-0.39, 0.29) is 11.9 Å². The Kier molecular flexibility index (Phi) is 6.68. The SMILES string of the molecule is Cc1ccc(N(C(=O)c2ccccc2)C2CCN(CCC(C)C)CC2)cc1. The van der Waals surface area contributed by atoms with Crippen molar-refractivity contribution in [1.82, 2.24) is 4.90 Å². The molecule has 1 saturated heterocycles. The highest BCUT2D eigenvalue weighted by atomic mass is 16.2. The van der Waals surface area contributed by atoms with Crippen molar-refractivity contribution >= 4 is 11.6 Å². The number of hydrogen-bond acceptors (Lipinski definition) is 2. The predicted molar refractivity (Wildman–Crippen MR) is 113 cm³/mol. The third-order valence-electron chi connectivity index (χ3n) is 5.50. The minimum absolute atomic E-state index is 0.111. The van der Waals surface area contributed by atoms with Crippen LogP contribution in [0.5, 0.6) is 0 Å². The first kappa shape index (κ1) is 19.6. The summed E-state index contributed by atoms with van der Waals surface area (Å²) in [5.74, 6) is 0.853. The molecule has 0 bridgehead atoms. The van der Waals surface area contributed by atoms with Crippen LogP contribution in [0.1, 0.15) is 49.0 Å². The lowest BCUT2D eigenvalue weighted by Crippen LogP contribution is -2.48. The Balaban J connectivity index is 1.77. The molecule has 3 rings (SSSR count). The predicted octanol–water partition coefficient (Wildman–Crippen LogP) is 5.15. The molecule has 0 atom stereocenters. The van der Waals surface area contributed by atoms with Gasteiger partial charge in [0.2, 0.25) is 0 Å². The van der Waals surface area contributed by atoms with Crippen LogP contribution in [0.3, 0.4) is 0 Å². The molecule has 1 aliphatic rings. The molecule has 0 N–H and O–H groups in total. The van der Waals surface area contributed by atoms with Crippen LogP contribution in [-0.2, 0) is 0 Å². The molecule has 1 fully saturated rings. The van der Waals surface area contributed by atoms with Crippen molar-refractivity contribution in [1.29, 1.82) is 0 Å². The van der Waals surface area contributed by atoms with Gasteiger partial charge in [-0.2, -0.15) is 0 Å². The zero-order valence-corrected chi connectivity index (χ0v) is 16.9. The number of aryl methyl sites for hydroxylation is 1. The lowest BCUT2D eigenvalue weighted by atomic mass is 9.99. The van der Waals surface area contributed by atoms with Gasteiger partial charge < -0.3 is 9.80 Å². The van der Waals surface area contributed by atoms with Gasteiger partial charge in [-0.25, -0.2) is 0 Å². The van der Waals surface area contributed by atoms with Crippen molar-refractivity contribution in [2.75, 3.05) is 24.5 Å². The molecule has 0 aromatic heterocycles. The Morgan fingerprint density at radius 2 is 1.67 bits per heavy atom. The molecule has 1 aliphatic heterocycles. The molecule has 1 amide bonds. The minimum atomic E-state index is 0.111. The number of nitrogens with zero attached hydrogens (tertiary/aromatic N) is 2. The first-order chi connectivity index (χ1) is 13.0. The van der Waals surface area contributed by atoms with E-state index in [0.717, 1.165) is 43.1 Å². The third kappa shape index (κ3) is 5.20. The number of likely N-dealkylation sites (tertiary alicyclic amines) is 1. The van der Waals surface area contributed by atoms with Crippen molar-refractivity contribution in [3.05, 3.63) is 65.7 Å². The quantitative estimate of drug-likeness (QED) is 0.707. The second-order valence-electron chi connectivity index (χ2n) is 8.13.